The Morgan fingerprint density at radius 3 is 1.57 bits per heavy atom. The quantitative estimate of drug-likeness (QED) is 0.185. The molecule has 10 aromatic rings. The van der Waals surface area contributed by atoms with Crippen LogP contribution >= 0.6 is 0 Å². The first-order chi connectivity index (χ1) is 23.3. The van der Waals surface area contributed by atoms with Crippen LogP contribution in [0.5, 0.6) is 0 Å². The first-order valence-corrected chi connectivity index (χ1v) is 16.2. The standard InChI is InChI=1S/C46H28O/c1-2-13-31-27-33(24-23-29(31)11-1)32-14-9-15-34(28-32)43-36-17-5-7-19-38(36)44(39-20-8-6-18-37(39)43)42-22-10-21-40-41-26-25-30-12-3-4-16-35(30)45(41)47-46(40)42/h1-28H. The van der Waals surface area contributed by atoms with E-state index < -0.39 is 0 Å². The van der Waals surface area contributed by atoms with Crippen molar-refractivity contribution in [2.24, 2.45) is 0 Å². The minimum atomic E-state index is 0.931. The molecule has 0 bridgehead atoms. The van der Waals surface area contributed by atoms with E-state index in [9.17, 15) is 0 Å². The van der Waals surface area contributed by atoms with E-state index >= 15 is 0 Å². The van der Waals surface area contributed by atoms with Crippen molar-refractivity contribution in [3.63, 3.8) is 0 Å². The Morgan fingerprint density at radius 1 is 0.277 bits per heavy atom. The Morgan fingerprint density at radius 2 is 0.809 bits per heavy atom. The van der Waals surface area contributed by atoms with Crippen molar-refractivity contribution in [2.45, 2.75) is 0 Å². The summed E-state index contributed by atoms with van der Waals surface area (Å²) < 4.78 is 6.86. The molecule has 0 fully saturated rings. The molecule has 218 valence electrons. The predicted molar refractivity (Wildman–Crippen MR) is 200 cm³/mol. The lowest BCUT2D eigenvalue weighted by atomic mass is 9.85. The van der Waals surface area contributed by atoms with E-state index in [1.165, 1.54) is 65.5 Å². The highest BCUT2D eigenvalue weighted by atomic mass is 16.3. The van der Waals surface area contributed by atoms with Crippen molar-refractivity contribution < 1.29 is 4.42 Å². The minimum absolute atomic E-state index is 0.931. The molecule has 0 atom stereocenters. The zero-order valence-corrected chi connectivity index (χ0v) is 25.6. The maximum atomic E-state index is 6.86. The van der Waals surface area contributed by atoms with Crippen LogP contribution in [0.3, 0.4) is 0 Å². The van der Waals surface area contributed by atoms with Gasteiger partial charge in [0, 0.05) is 27.3 Å². The van der Waals surface area contributed by atoms with Gasteiger partial charge in [-0.1, -0.05) is 152 Å². The molecule has 10 rings (SSSR count). The Bertz CT molecular complexity index is 2800. The second-order valence-corrected chi connectivity index (χ2v) is 12.4. The fourth-order valence-electron chi connectivity index (χ4n) is 7.68. The summed E-state index contributed by atoms with van der Waals surface area (Å²) in [5.74, 6) is 0. The van der Waals surface area contributed by atoms with Gasteiger partial charge in [0.05, 0.1) is 0 Å². The van der Waals surface area contributed by atoms with Gasteiger partial charge in [0.15, 0.2) is 0 Å². The first kappa shape index (κ1) is 26.1. The maximum absolute atomic E-state index is 6.86. The molecule has 0 unspecified atom stereocenters. The maximum Gasteiger partial charge on any atom is 0.143 e. The molecule has 1 aromatic heterocycles. The van der Waals surface area contributed by atoms with E-state index in [4.69, 9.17) is 4.42 Å². The molecular weight excluding hydrogens is 569 g/mol. The van der Waals surface area contributed by atoms with E-state index in [0.29, 0.717) is 0 Å². The Kier molecular flexibility index (Phi) is 5.64. The average molecular weight is 597 g/mol. The number of rotatable bonds is 3. The van der Waals surface area contributed by atoms with Gasteiger partial charge in [0.2, 0.25) is 0 Å². The van der Waals surface area contributed by atoms with E-state index in [1.807, 2.05) is 0 Å². The molecule has 1 heteroatoms. The topological polar surface area (TPSA) is 13.1 Å². The Hall–Kier alpha value is -6.18. The van der Waals surface area contributed by atoms with Crippen LogP contribution in [-0.2, 0) is 0 Å². The number of benzene rings is 9. The fourth-order valence-corrected chi connectivity index (χ4v) is 7.68. The van der Waals surface area contributed by atoms with Gasteiger partial charge in [-0.2, -0.15) is 0 Å². The summed E-state index contributed by atoms with van der Waals surface area (Å²) in [6.07, 6.45) is 0. The summed E-state index contributed by atoms with van der Waals surface area (Å²) in [6, 6.07) is 61.5. The van der Waals surface area contributed by atoms with Crippen LogP contribution in [0.1, 0.15) is 0 Å². The van der Waals surface area contributed by atoms with Crippen LogP contribution in [0.2, 0.25) is 0 Å². The van der Waals surface area contributed by atoms with Gasteiger partial charge in [0.25, 0.3) is 0 Å². The van der Waals surface area contributed by atoms with Crippen molar-refractivity contribution in [1.29, 1.82) is 0 Å². The van der Waals surface area contributed by atoms with Gasteiger partial charge in [-0.05, 0) is 78.2 Å². The highest BCUT2D eigenvalue weighted by molar-refractivity contribution is 6.25. The van der Waals surface area contributed by atoms with Crippen molar-refractivity contribution in [2.75, 3.05) is 0 Å². The summed E-state index contributed by atoms with van der Waals surface area (Å²) in [6.45, 7) is 0. The van der Waals surface area contributed by atoms with Gasteiger partial charge in [0.1, 0.15) is 11.2 Å². The number of para-hydroxylation sites is 1. The van der Waals surface area contributed by atoms with E-state index in [0.717, 1.165) is 32.9 Å². The van der Waals surface area contributed by atoms with Crippen LogP contribution in [0.25, 0.3) is 98.4 Å². The molecule has 0 aliphatic rings. The number of furan rings is 1. The van der Waals surface area contributed by atoms with Gasteiger partial charge < -0.3 is 4.42 Å². The average Bonchev–Trinajstić information content (AvgIpc) is 3.53. The minimum Gasteiger partial charge on any atom is -0.455 e. The van der Waals surface area contributed by atoms with Gasteiger partial charge in [-0.25, -0.2) is 0 Å². The van der Waals surface area contributed by atoms with Gasteiger partial charge in [-0.15, -0.1) is 0 Å². The third-order valence-electron chi connectivity index (χ3n) is 9.82. The molecule has 0 spiro atoms. The van der Waals surface area contributed by atoms with Crippen LogP contribution in [0, 0.1) is 0 Å². The first-order valence-electron chi connectivity index (χ1n) is 16.2. The van der Waals surface area contributed by atoms with Crippen molar-refractivity contribution in [3.8, 4) is 33.4 Å². The van der Waals surface area contributed by atoms with Gasteiger partial charge >= 0.3 is 0 Å². The zero-order chi connectivity index (χ0) is 30.9. The van der Waals surface area contributed by atoms with Crippen molar-refractivity contribution >= 4 is 65.0 Å². The highest BCUT2D eigenvalue weighted by Gasteiger charge is 2.21. The molecule has 0 N–H and O–H groups in total. The molecule has 47 heavy (non-hydrogen) atoms. The summed E-state index contributed by atoms with van der Waals surface area (Å²) in [5, 5.41) is 12.0. The molecule has 1 nitrogen and oxygen atoms in total. The van der Waals surface area contributed by atoms with Crippen molar-refractivity contribution in [3.05, 3.63) is 170 Å². The monoisotopic (exact) mass is 596 g/mol. The third-order valence-corrected chi connectivity index (χ3v) is 9.82. The van der Waals surface area contributed by atoms with Crippen LogP contribution < -0.4 is 0 Å². The second-order valence-electron chi connectivity index (χ2n) is 12.4. The predicted octanol–water partition coefficient (Wildman–Crippen LogP) is 13.2. The summed E-state index contributed by atoms with van der Waals surface area (Å²) in [5.41, 5.74) is 9.10. The third kappa shape index (κ3) is 3.97. The molecule has 0 saturated heterocycles. The SMILES string of the molecule is c1cc(-c2ccc3ccccc3c2)cc(-c2c3ccccc3c(-c3cccc4c3oc3c5ccccc5ccc43)c3ccccc23)c1. The summed E-state index contributed by atoms with van der Waals surface area (Å²) >= 11 is 0. The second kappa shape index (κ2) is 10.2. The smallest absolute Gasteiger partial charge is 0.143 e. The number of fused-ring (bicyclic) bond motifs is 8. The molecular formula is C46H28O. The number of hydrogen-bond donors (Lipinski definition) is 0. The normalized spacial score (nSPS) is 11.8. The van der Waals surface area contributed by atoms with Crippen molar-refractivity contribution in [1.82, 2.24) is 0 Å². The van der Waals surface area contributed by atoms with E-state index in [1.54, 1.807) is 0 Å². The summed E-state index contributed by atoms with van der Waals surface area (Å²) in [4.78, 5) is 0. The molecule has 0 aliphatic heterocycles. The zero-order valence-electron chi connectivity index (χ0n) is 25.6. The largest absolute Gasteiger partial charge is 0.455 e. The van der Waals surface area contributed by atoms with Crippen LogP contribution in [0.15, 0.2) is 174 Å². The molecule has 0 saturated carbocycles. The molecule has 0 radical (unpaired) electrons. The van der Waals surface area contributed by atoms with Crippen LogP contribution in [0.4, 0.5) is 0 Å². The fraction of sp³-hybridized carbons (Fsp3) is 0. The lowest BCUT2D eigenvalue weighted by molar-refractivity contribution is 0.674. The van der Waals surface area contributed by atoms with Gasteiger partial charge in [-0.3, -0.25) is 0 Å². The number of hydrogen-bond acceptors (Lipinski definition) is 1. The molecule has 0 aliphatic carbocycles. The molecule has 1 heterocycles. The molecule has 0 amide bonds. The van der Waals surface area contributed by atoms with E-state index in [2.05, 4.69) is 170 Å². The lowest BCUT2D eigenvalue weighted by Gasteiger charge is -2.18. The summed E-state index contributed by atoms with van der Waals surface area (Å²) in [7, 11) is 0. The van der Waals surface area contributed by atoms with E-state index in [-0.39, 0.29) is 0 Å². The Balaban J connectivity index is 1.25. The lowest BCUT2D eigenvalue weighted by Crippen LogP contribution is -1.91. The Labute approximate surface area is 271 Å². The van der Waals surface area contributed by atoms with Crippen LogP contribution in [-0.4, -0.2) is 0 Å². The highest BCUT2D eigenvalue weighted by Crippen LogP contribution is 2.47. The molecule has 9 aromatic carbocycles.